The van der Waals surface area contributed by atoms with Gasteiger partial charge in [0.1, 0.15) is 5.75 Å². The van der Waals surface area contributed by atoms with E-state index in [0.717, 1.165) is 38.1 Å². The third-order valence-electron chi connectivity index (χ3n) is 8.34. The van der Waals surface area contributed by atoms with E-state index in [2.05, 4.69) is 49.9 Å². The summed E-state index contributed by atoms with van der Waals surface area (Å²) in [6, 6.07) is 16.7. The largest absolute Gasteiger partial charge is 0.491 e. The molecule has 0 N–H and O–H groups in total. The van der Waals surface area contributed by atoms with E-state index in [9.17, 15) is 4.79 Å². The number of nitrogens with zero attached hydrogens (tertiary/aromatic N) is 2. The molecule has 190 valence electrons. The summed E-state index contributed by atoms with van der Waals surface area (Å²) in [5, 5.41) is 1.21. The van der Waals surface area contributed by atoms with Crippen molar-refractivity contribution in [3.63, 3.8) is 0 Å². The molecule has 3 fully saturated rings. The third kappa shape index (κ3) is 5.98. The number of piperidine rings is 2. The smallest absolute Gasteiger partial charge is 0.209 e. The lowest BCUT2D eigenvalue weighted by Crippen LogP contribution is -2.48. The minimum absolute atomic E-state index is 0.224. The van der Waals surface area contributed by atoms with Crippen LogP contribution in [0.25, 0.3) is 0 Å². The fourth-order valence-corrected chi connectivity index (χ4v) is 6.33. The van der Waals surface area contributed by atoms with Crippen LogP contribution in [0, 0.1) is 5.41 Å². The van der Waals surface area contributed by atoms with Crippen molar-refractivity contribution in [3.8, 4) is 5.75 Å². The van der Waals surface area contributed by atoms with Gasteiger partial charge in [-0.1, -0.05) is 54.4 Å². The van der Waals surface area contributed by atoms with Crippen LogP contribution < -0.4 is 4.74 Å². The van der Waals surface area contributed by atoms with Crippen LogP contribution in [-0.2, 0) is 10.2 Å². The minimum Gasteiger partial charge on any atom is -0.491 e. The van der Waals surface area contributed by atoms with Gasteiger partial charge >= 0.3 is 0 Å². The van der Waals surface area contributed by atoms with Gasteiger partial charge in [0.15, 0.2) is 0 Å². The Hall–Kier alpha value is -1.75. The second-order valence-electron chi connectivity index (χ2n) is 10.8. The first-order valence-electron chi connectivity index (χ1n) is 12.9. The summed E-state index contributed by atoms with van der Waals surface area (Å²) >= 11 is 11.2. The number of carbonyl (C=O) groups is 1. The normalized spacial score (nSPS) is 24.1. The van der Waals surface area contributed by atoms with Crippen LogP contribution in [0.3, 0.4) is 0 Å². The predicted molar refractivity (Wildman–Crippen MR) is 145 cm³/mol. The van der Waals surface area contributed by atoms with E-state index in [4.69, 9.17) is 27.9 Å². The first-order valence-corrected chi connectivity index (χ1v) is 13.6. The quantitative estimate of drug-likeness (QED) is 0.408. The van der Waals surface area contributed by atoms with E-state index in [1.54, 1.807) is 12.1 Å². The third-order valence-corrected chi connectivity index (χ3v) is 9.10. The topological polar surface area (TPSA) is 32.8 Å². The molecule has 1 saturated carbocycles. The van der Waals surface area contributed by atoms with Gasteiger partial charge in [-0.25, -0.2) is 0 Å². The second-order valence-corrected chi connectivity index (χ2v) is 11.6. The molecule has 1 amide bonds. The molecule has 3 aliphatic rings. The number of likely N-dealkylation sites (tertiary alicyclic amines) is 2. The maximum atomic E-state index is 10.9. The lowest BCUT2D eigenvalue weighted by atomic mass is 9.80. The number of rotatable bonds is 5. The Morgan fingerprint density at radius 2 is 1.51 bits per heavy atom. The lowest BCUT2D eigenvalue weighted by Gasteiger charge is -2.42. The molecule has 35 heavy (non-hydrogen) atoms. The predicted octanol–water partition coefficient (Wildman–Crippen LogP) is 6.83. The highest BCUT2D eigenvalue weighted by Crippen LogP contribution is 2.69. The molecule has 1 spiro atoms. The van der Waals surface area contributed by atoms with Gasteiger partial charge in [-0.3, -0.25) is 4.79 Å². The van der Waals surface area contributed by atoms with Crippen molar-refractivity contribution in [1.82, 2.24) is 9.80 Å². The molecule has 0 bridgehead atoms. The molecule has 1 aliphatic carbocycles. The van der Waals surface area contributed by atoms with Crippen LogP contribution >= 0.6 is 23.2 Å². The fraction of sp³-hybridized carbons (Fsp3) is 0.552. The fourth-order valence-electron chi connectivity index (χ4n) is 6.06. The second kappa shape index (κ2) is 11.1. The molecular formula is C29H38Cl2N2O2. The molecule has 2 saturated heterocycles. The van der Waals surface area contributed by atoms with Crippen molar-refractivity contribution < 1.29 is 9.53 Å². The zero-order valence-electron chi connectivity index (χ0n) is 21.2. The van der Waals surface area contributed by atoms with Crippen molar-refractivity contribution >= 4 is 29.6 Å². The first-order chi connectivity index (χ1) is 16.8. The van der Waals surface area contributed by atoms with Crippen LogP contribution in [-0.4, -0.2) is 54.5 Å². The molecule has 2 aromatic rings. The molecule has 1 unspecified atom stereocenters. The van der Waals surface area contributed by atoms with Gasteiger partial charge in [-0.2, -0.15) is 0 Å². The maximum absolute atomic E-state index is 10.9. The van der Waals surface area contributed by atoms with E-state index in [-0.39, 0.29) is 6.10 Å². The van der Waals surface area contributed by atoms with Crippen molar-refractivity contribution in [1.29, 1.82) is 0 Å². The van der Waals surface area contributed by atoms with E-state index in [0.29, 0.717) is 26.9 Å². The minimum atomic E-state index is 0.224. The van der Waals surface area contributed by atoms with E-state index in [1.807, 2.05) is 17.0 Å². The van der Waals surface area contributed by atoms with Gasteiger partial charge in [-0.05, 0) is 99.7 Å². The molecule has 0 aromatic heterocycles. The van der Waals surface area contributed by atoms with E-state index in [1.165, 1.54) is 37.9 Å². The van der Waals surface area contributed by atoms with E-state index < -0.39 is 0 Å². The average Bonchev–Trinajstić information content (AvgIpc) is 3.45. The Labute approximate surface area is 220 Å². The van der Waals surface area contributed by atoms with E-state index >= 15 is 0 Å². The molecule has 2 heterocycles. The van der Waals surface area contributed by atoms with Crippen LogP contribution in [0.2, 0.25) is 10.0 Å². The number of amides is 1. The highest BCUT2D eigenvalue weighted by atomic mass is 35.5. The standard InChI is InChI=1S/C23H34N2O2.C6H4Cl2/c1-18(2)27-21-6-4-19(5-7-21)22(3)16-23(22)10-14-25(15-11-23)20-8-12-24(17-26)13-9-20;7-5-3-1-2-4-6(5)8/h4-7,17-18,20H,8-16H2,1-3H3;1-4H. The zero-order valence-corrected chi connectivity index (χ0v) is 22.7. The number of carbonyl (C=O) groups excluding carboxylic acids is 1. The molecule has 4 nitrogen and oxygen atoms in total. The average molecular weight is 518 g/mol. The molecule has 0 radical (unpaired) electrons. The number of benzene rings is 2. The van der Waals surface area contributed by atoms with Crippen molar-refractivity contribution in [2.75, 3.05) is 26.2 Å². The maximum Gasteiger partial charge on any atom is 0.209 e. The number of halogens is 2. The number of hydrogen-bond donors (Lipinski definition) is 0. The first kappa shape index (κ1) is 26.3. The molecule has 1 atom stereocenters. The number of ether oxygens (including phenoxy) is 1. The Morgan fingerprint density at radius 3 is 2.00 bits per heavy atom. The highest BCUT2D eigenvalue weighted by Gasteiger charge is 2.64. The summed E-state index contributed by atoms with van der Waals surface area (Å²) in [6.07, 6.45) is 7.45. The van der Waals surface area contributed by atoms with Crippen LogP contribution in [0.4, 0.5) is 0 Å². The summed E-state index contributed by atoms with van der Waals surface area (Å²) < 4.78 is 5.80. The van der Waals surface area contributed by atoms with Crippen molar-refractivity contribution in [2.24, 2.45) is 5.41 Å². The summed E-state index contributed by atoms with van der Waals surface area (Å²) in [7, 11) is 0. The van der Waals surface area contributed by atoms with Crippen LogP contribution in [0.15, 0.2) is 48.5 Å². The van der Waals surface area contributed by atoms with Gasteiger partial charge in [-0.15, -0.1) is 0 Å². The Kier molecular flexibility index (Phi) is 8.35. The summed E-state index contributed by atoms with van der Waals surface area (Å²) in [4.78, 5) is 15.5. The molecular weight excluding hydrogens is 479 g/mol. The highest BCUT2D eigenvalue weighted by molar-refractivity contribution is 6.41. The summed E-state index contributed by atoms with van der Waals surface area (Å²) in [5.41, 5.74) is 2.30. The SMILES string of the molecule is CC(C)Oc1ccc(C2(C)CC23CCN(C2CCN(C=O)CC2)CC3)cc1.Clc1ccccc1Cl. The number of hydrogen-bond acceptors (Lipinski definition) is 3. The van der Waals surface area contributed by atoms with Gasteiger partial charge in [0.25, 0.3) is 0 Å². The van der Waals surface area contributed by atoms with Crippen LogP contribution in [0.5, 0.6) is 5.75 Å². The Bertz CT molecular complexity index is 959. The Morgan fingerprint density at radius 1 is 0.943 bits per heavy atom. The van der Waals surface area contributed by atoms with Crippen LogP contribution in [0.1, 0.15) is 58.4 Å². The monoisotopic (exact) mass is 516 g/mol. The summed E-state index contributed by atoms with van der Waals surface area (Å²) in [6.45, 7) is 10.9. The Balaban J connectivity index is 0.000000308. The zero-order chi connectivity index (χ0) is 25.1. The van der Waals surface area contributed by atoms with Gasteiger partial charge < -0.3 is 14.5 Å². The lowest BCUT2D eigenvalue weighted by molar-refractivity contribution is -0.119. The molecule has 5 rings (SSSR count). The van der Waals surface area contributed by atoms with Gasteiger partial charge in [0.05, 0.1) is 16.1 Å². The van der Waals surface area contributed by atoms with Gasteiger partial charge in [0.2, 0.25) is 6.41 Å². The molecule has 2 aromatic carbocycles. The molecule has 6 heteroatoms. The van der Waals surface area contributed by atoms with Crippen molar-refractivity contribution in [3.05, 3.63) is 64.1 Å². The van der Waals surface area contributed by atoms with Gasteiger partial charge in [0, 0.05) is 19.1 Å². The van der Waals surface area contributed by atoms with Crippen molar-refractivity contribution in [2.45, 2.75) is 70.4 Å². The molecule has 2 aliphatic heterocycles. The summed E-state index contributed by atoms with van der Waals surface area (Å²) in [5.74, 6) is 0.975.